The Morgan fingerprint density at radius 2 is 0.957 bits per heavy atom. The normalized spacial score (nSPS) is 27.5. The average Bonchev–Trinajstić information content (AvgIpc) is 0.826. The van der Waals surface area contributed by atoms with Crippen LogP contribution < -0.4 is 26.6 Å². The molecule has 0 saturated carbocycles. The Balaban J connectivity index is 2.97. The van der Waals surface area contributed by atoms with E-state index in [0.29, 0.717) is 32.5 Å². The maximum Gasteiger partial charge on any atom is 0.246 e. The first-order chi connectivity index (χ1) is 43.8. The third-order valence-corrected chi connectivity index (χ3v) is 18.4. The molecule has 6 N–H and O–H groups in total. The van der Waals surface area contributed by atoms with Gasteiger partial charge in [0, 0.05) is 62.0 Å². The van der Waals surface area contributed by atoms with Gasteiger partial charge in [0.2, 0.25) is 65.0 Å². The maximum absolute atomic E-state index is 15.1. The van der Waals surface area contributed by atoms with Crippen molar-refractivity contribution in [1.29, 1.82) is 0 Å². The Labute approximate surface area is 562 Å². The zero-order valence-corrected chi connectivity index (χ0v) is 61.5. The number of ether oxygens (including phenoxy) is 2. The summed E-state index contributed by atoms with van der Waals surface area (Å²) in [5.74, 6) is -10.0. The van der Waals surface area contributed by atoms with Crippen LogP contribution in [-0.4, -0.2) is 265 Å². The summed E-state index contributed by atoms with van der Waals surface area (Å²) in [4.78, 5) is 172. The quantitative estimate of drug-likeness (QED) is 0.0901. The number of hydrogen-bond acceptors (Lipinski definition) is 15. The standard InChI is InChI=1S/C68H124N12O14/c1-24-26-29-44(13)57(81)54-60(84)71-49(25-2)65(89)74(18)47(16)64(88)79(23)56(48(17)94-33-28-27-30-80-31-34-93-35-32-80)62(86)72-53(42(9)10)68(92)75(19)50(36-39(3)4)59(83)69-45(14)58(82)70-46(15)63(87)76(20)51(37-40(5)6)66(90)77(21)52(38-41(7)8)67(91)78(22)55(43(11)12)61(85)73-54/h39-57,81H,24-38H2,1-23H3,(H,69,83)(H,70,82)(H,71,84)(H,72,86)(H,73,85)/t44-,45+,46-,47-,48-,49+,50+,51+,52?,53+,54+,55+,56+,57-/m1/s1. The fourth-order valence-corrected chi connectivity index (χ4v) is 12.2. The van der Waals surface area contributed by atoms with Crippen LogP contribution in [0.4, 0.5) is 0 Å². The van der Waals surface area contributed by atoms with Crippen molar-refractivity contribution in [2.45, 2.75) is 254 Å². The van der Waals surface area contributed by atoms with Gasteiger partial charge in [-0.25, -0.2) is 0 Å². The van der Waals surface area contributed by atoms with Crippen LogP contribution in [0.3, 0.4) is 0 Å². The first-order valence-corrected chi connectivity index (χ1v) is 34.5. The molecule has 26 nitrogen and oxygen atoms in total. The lowest BCUT2D eigenvalue weighted by atomic mass is 9.91. The molecule has 2 saturated heterocycles. The predicted octanol–water partition coefficient (Wildman–Crippen LogP) is 3.01. The zero-order valence-electron chi connectivity index (χ0n) is 61.5. The number of nitrogens with zero attached hydrogens (tertiary/aromatic N) is 7. The highest BCUT2D eigenvalue weighted by Gasteiger charge is 2.45. The van der Waals surface area contributed by atoms with Crippen molar-refractivity contribution in [2.24, 2.45) is 35.5 Å². The Bertz CT molecular complexity index is 2490. The monoisotopic (exact) mass is 1330 g/mol. The van der Waals surface area contributed by atoms with E-state index in [0.717, 1.165) is 37.4 Å². The van der Waals surface area contributed by atoms with E-state index in [4.69, 9.17) is 9.47 Å². The second-order valence-electron chi connectivity index (χ2n) is 28.4. The van der Waals surface area contributed by atoms with E-state index in [-0.39, 0.29) is 50.0 Å². The fraction of sp³-hybridized carbons (Fsp3) is 0.838. The number of nitrogens with one attached hydrogen (secondary N) is 5. The van der Waals surface area contributed by atoms with Gasteiger partial charge in [0.25, 0.3) is 0 Å². The molecule has 2 aliphatic rings. The molecule has 2 rings (SSSR count). The molecule has 11 amide bonds. The average molecular weight is 1330 g/mol. The van der Waals surface area contributed by atoms with Crippen molar-refractivity contribution in [3.63, 3.8) is 0 Å². The van der Waals surface area contributed by atoms with Crippen molar-refractivity contribution < 1.29 is 67.3 Å². The highest BCUT2D eigenvalue weighted by Crippen LogP contribution is 2.25. The Hall–Kier alpha value is -5.99. The van der Waals surface area contributed by atoms with E-state index < -0.39 is 161 Å². The third kappa shape index (κ3) is 24.3. The van der Waals surface area contributed by atoms with Gasteiger partial charge in [0.15, 0.2) is 0 Å². The summed E-state index contributed by atoms with van der Waals surface area (Å²) in [5, 5.41) is 25.9. The van der Waals surface area contributed by atoms with Crippen LogP contribution >= 0.6 is 0 Å². The first kappa shape index (κ1) is 84.1. The van der Waals surface area contributed by atoms with Gasteiger partial charge in [0.1, 0.15) is 66.5 Å². The molecular formula is C68H124N12O14. The van der Waals surface area contributed by atoms with Gasteiger partial charge >= 0.3 is 0 Å². The largest absolute Gasteiger partial charge is 0.390 e. The second kappa shape index (κ2) is 39.9. The van der Waals surface area contributed by atoms with Gasteiger partial charge in [-0.1, -0.05) is 103 Å². The van der Waals surface area contributed by atoms with E-state index in [9.17, 15) is 48.3 Å². The third-order valence-electron chi connectivity index (χ3n) is 18.4. The molecule has 26 heteroatoms. The topological polar surface area (TPSA) is 309 Å². The van der Waals surface area contributed by atoms with Crippen LogP contribution in [0.25, 0.3) is 0 Å². The summed E-state index contributed by atoms with van der Waals surface area (Å²) in [6.45, 7) is 33.4. The smallest absolute Gasteiger partial charge is 0.246 e. The summed E-state index contributed by atoms with van der Waals surface area (Å²) >= 11 is 0. The lowest BCUT2D eigenvalue weighted by Crippen LogP contribution is -2.64. The zero-order chi connectivity index (χ0) is 71.9. The molecule has 2 fully saturated rings. The number of aliphatic hydroxyl groups excluding tert-OH is 1. The minimum Gasteiger partial charge on any atom is -0.390 e. The molecule has 94 heavy (non-hydrogen) atoms. The molecule has 0 bridgehead atoms. The number of carbonyl (C=O) groups excluding carboxylic acids is 11. The molecule has 0 radical (unpaired) electrons. The van der Waals surface area contributed by atoms with Crippen molar-refractivity contribution in [3.05, 3.63) is 0 Å². The molecular weight excluding hydrogens is 1210 g/mol. The number of hydrogen-bond donors (Lipinski definition) is 6. The van der Waals surface area contributed by atoms with E-state index in [2.05, 4.69) is 31.5 Å². The van der Waals surface area contributed by atoms with Crippen LogP contribution in [0.5, 0.6) is 0 Å². The number of morpholine rings is 1. The van der Waals surface area contributed by atoms with Gasteiger partial charge in [-0.2, -0.15) is 0 Å². The van der Waals surface area contributed by atoms with Crippen LogP contribution in [0, 0.1) is 35.5 Å². The lowest BCUT2D eigenvalue weighted by molar-refractivity contribution is -0.154. The summed E-state index contributed by atoms with van der Waals surface area (Å²) in [6, 6.07) is -14.1. The highest BCUT2D eigenvalue weighted by molar-refractivity contribution is 6.00. The minimum absolute atomic E-state index is 0.00160. The summed E-state index contributed by atoms with van der Waals surface area (Å²) < 4.78 is 11.8. The summed E-state index contributed by atoms with van der Waals surface area (Å²) in [7, 11) is 8.54. The molecule has 0 aromatic rings. The van der Waals surface area contributed by atoms with Gasteiger partial charge < -0.3 is 70.6 Å². The Kier molecular flexibility index (Phi) is 35.7. The number of carbonyl (C=O) groups is 11. The number of unbranched alkanes of at least 4 members (excludes halogenated alkanes) is 2. The van der Waals surface area contributed by atoms with Gasteiger partial charge in [0.05, 0.1) is 25.4 Å². The molecule has 540 valence electrons. The molecule has 2 heterocycles. The van der Waals surface area contributed by atoms with Crippen molar-refractivity contribution >= 4 is 65.0 Å². The van der Waals surface area contributed by atoms with Gasteiger partial charge in [-0.15, -0.1) is 0 Å². The van der Waals surface area contributed by atoms with E-state index in [1.807, 2.05) is 48.5 Å². The molecule has 0 spiro atoms. The Morgan fingerprint density at radius 3 is 1.47 bits per heavy atom. The second-order valence-corrected chi connectivity index (χ2v) is 28.4. The van der Waals surface area contributed by atoms with Crippen LogP contribution in [0.1, 0.15) is 175 Å². The maximum atomic E-state index is 15.1. The summed E-state index contributed by atoms with van der Waals surface area (Å²) in [6.07, 6.45) is 1.27. The molecule has 2 aliphatic heterocycles. The van der Waals surface area contributed by atoms with Crippen molar-refractivity contribution in [3.8, 4) is 0 Å². The van der Waals surface area contributed by atoms with E-state index >= 15 is 9.59 Å². The predicted molar refractivity (Wildman–Crippen MR) is 361 cm³/mol. The Morgan fingerprint density at radius 1 is 0.479 bits per heavy atom. The lowest BCUT2D eigenvalue weighted by Gasteiger charge is -2.40. The molecule has 14 atom stereocenters. The van der Waals surface area contributed by atoms with Crippen LogP contribution in [-0.2, 0) is 62.2 Å². The molecule has 1 unspecified atom stereocenters. The van der Waals surface area contributed by atoms with E-state index in [1.54, 1.807) is 48.5 Å². The van der Waals surface area contributed by atoms with Crippen molar-refractivity contribution in [1.82, 2.24) is 60.9 Å². The number of likely N-dealkylation sites (N-methyl/N-ethyl adjacent to an activating group) is 6. The highest BCUT2D eigenvalue weighted by atomic mass is 16.5. The van der Waals surface area contributed by atoms with Crippen LogP contribution in [0.2, 0.25) is 0 Å². The van der Waals surface area contributed by atoms with Gasteiger partial charge in [-0.3, -0.25) is 57.6 Å². The molecule has 0 aliphatic carbocycles. The number of aliphatic hydroxyl groups is 1. The fourth-order valence-electron chi connectivity index (χ4n) is 12.2. The first-order valence-electron chi connectivity index (χ1n) is 34.5. The number of rotatable bonds is 21. The van der Waals surface area contributed by atoms with Gasteiger partial charge in [-0.05, 0) is 115 Å². The van der Waals surface area contributed by atoms with Crippen molar-refractivity contribution in [2.75, 3.05) is 81.7 Å². The molecule has 0 aromatic carbocycles. The van der Waals surface area contributed by atoms with Crippen LogP contribution in [0.15, 0.2) is 0 Å². The number of amides is 11. The molecule has 0 aromatic heterocycles. The minimum atomic E-state index is -1.66. The van der Waals surface area contributed by atoms with E-state index in [1.165, 1.54) is 87.6 Å². The summed E-state index contributed by atoms with van der Waals surface area (Å²) in [5.41, 5.74) is 0. The SMILES string of the molecule is CCCC[C@@H](C)[C@@H](O)[C@@H]1NC(=O)[C@H](C(C)C)N(C)C(=O)C(CC(C)C)N(C)C(=O)[C@H](CC(C)C)N(C)C(=O)[C@@H](C)NC(=O)[C@H](C)NC(=O)[C@H](CC(C)C)N(C)C(=O)[C@H](C(C)C)NC(=O)[C@H]([C@@H](C)OCCCCN2CCOCC2)N(C)C(=O)[C@@H](C)N(C)C(=O)[C@H](CC)NC1=O.